The fourth-order valence-corrected chi connectivity index (χ4v) is 3.53. The quantitative estimate of drug-likeness (QED) is 0.775. The number of hydrogen-bond donors (Lipinski definition) is 1. The molecule has 2 atom stereocenters. The Hall–Kier alpha value is -0.540. The Labute approximate surface area is 138 Å². The molecule has 1 aromatic carbocycles. The van der Waals surface area contributed by atoms with Crippen molar-refractivity contribution in [2.45, 2.75) is 46.6 Å². The lowest BCUT2D eigenvalue weighted by Crippen LogP contribution is -2.26. The summed E-state index contributed by atoms with van der Waals surface area (Å²) in [6.45, 7) is 12.6. The van der Waals surface area contributed by atoms with Crippen molar-refractivity contribution in [2.75, 3.05) is 24.5 Å². The lowest BCUT2D eigenvalue weighted by Gasteiger charge is -2.26. The minimum absolute atomic E-state index is 0.408. The second kappa shape index (κ2) is 7.64. The summed E-state index contributed by atoms with van der Waals surface area (Å²) in [5, 5.41) is 3.62. The largest absolute Gasteiger partial charge is 0.371 e. The van der Waals surface area contributed by atoms with Crippen molar-refractivity contribution in [3.05, 3.63) is 28.2 Å². The molecular formula is C18H29BrN2. The predicted octanol–water partition coefficient (Wildman–Crippen LogP) is 4.99. The maximum atomic E-state index is 3.64. The van der Waals surface area contributed by atoms with Crippen LogP contribution in [0.15, 0.2) is 22.7 Å². The normalized spacial score (nSPS) is 20.3. The Kier molecular flexibility index (Phi) is 6.12. The highest BCUT2D eigenvalue weighted by Gasteiger charge is 2.27. The summed E-state index contributed by atoms with van der Waals surface area (Å²) >= 11 is 3.64. The zero-order valence-corrected chi connectivity index (χ0v) is 15.4. The summed E-state index contributed by atoms with van der Waals surface area (Å²) in [6.07, 6.45) is 2.50. The summed E-state index contributed by atoms with van der Waals surface area (Å²) in [5.41, 5.74) is 2.83. The van der Waals surface area contributed by atoms with Gasteiger partial charge in [-0.05, 0) is 55.8 Å². The Bertz CT molecular complexity index is 459. The Morgan fingerprint density at radius 1 is 1.33 bits per heavy atom. The van der Waals surface area contributed by atoms with E-state index in [9.17, 15) is 0 Å². The van der Waals surface area contributed by atoms with Crippen LogP contribution in [0, 0.1) is 11.8 Å². The summed E-state index contributed by atoms with van der Waals surface area (Å²) in [5.74, 6) is 1.61. The van der Waals surface area contributed by atoms with Crippen molar-refractivity contribution in [1.82, 2.24) is 5.32 Å². The van der Waals surface area contributed by atoms with Crippen molar-refractivity contribution in [1.29, 1.82) is 0 Å². The third-order valence-electron chi connectivity index (χ3n) is 4.67. The smallest absolute Gasteiger partial charge is 0.0426 e. The monoisotopic (exact) mass is 352 g/mol. The first-order valence-corrected chi connectivity index (χ1v) is 9.10. The second-order valence-corrected chi connectivity index (χ2v) is 7.53. The molecule has 0 amide bonds. The Balaban J connectivity index is 2.19. The van der Waals surface area contributed by atoms with Gasteiger partial charge in [0.1, 0.15) is 0 Å². The van der Waals surface area contributed by atoms with E-state index in [0.717, 1.165) is 18.4 Å². The summed E-state index contributed by atoms with van der Waals surface area (Å²) < 4.78 is 1.18. The topological polar surface area (TPSA) is 15.3 Å². The van der Waals surface area contributed by atoms with Gasteiger partial charge >= 0.3 is 0 Å². The van der Waals surface area contributed by atoms with Crippen molar-refractivity contribution in [3.63, 3.8) is 0 Å². The molecule has 1 heterocycles. The molecule has 1 aromatic rings. The third kappa shape index (κ3) is 4.23. The van der Waals surface area contributed by atoms with Crippen LogP contribution in [0.25, 0.3) is 0 Å². The standard InChI is InChI=1S/C18H29BrN2/c1-5-9-20-14(4)17-7-6-16(19)11-18(17)21-10-8-15(12-21)13(2)3/h6-7,11,13-15,20H,5,8-10,12H2,1-4H3. The van der Waals surface area contributed by atoms with Crippen LogP contribution in [0.3, 0.4) is 0 Å². The molecule has 0 aliphatic carbocycles. The van der Waals surface area contributed by atoms with Gasteiger partial charge < -0.3 is 10.2 Å². The Morgan fingerprint density at radius 3 is 2.71 bits per heavy atom. The van der Waals surface area contributed by atoms with Crippen molar-refractivity contribution in [3.8, 4) is 0 Å². The molecule has 0 aromatic heterocycles. The molecule has 0 saturated carbocycles. The highest BCUT2D eigenvalue weighted by Crippen LogP contribution is 2.34. The van der Waals surface area contributed by atoms with E-state index < -0.39 is 0 Å². The van der Waals surface area contributed by atoms with Crippen LogP contribution < -0.4 is 10.2 Å². The van der Waals surface area contributed by atoms with E-state index in [1.165, 1.54) is 41.7 Å². The number of nitrogens with one attached hydrogen (secondary N) is 1. The zero-order valence-electron chi connectivity index (χ0n) is 13.8. The molecule has 118 valence electrons. The number of nitrogens with zero attached hydrogens (tertiary/aromatic N) is 1. The first-order valence-electron chi connectivity index (χ1n) is 8.30. The van der Waals surface area contributed by atoms with E-state index in [1.807, 2.05) is 0 Å². The van der Waals surface area contributed by atoms with E-state index in [-0.39, 0.29) is 0 Å². The molecule has 1 aliphatic rings. The first-order chi connectivity index (χ1) is 10.0. The molecule has 2 rings (SSSR count). The van der Waals surface area contributed by atoms with Crippen LogP contribution in [-0.4, -0.2) is 19.6 Å². The molecule has 1 aliphatic heterocycles. The molecule has 2 nitrogen and oxygen atoms in total. The second-order valence-electron chi connectivity index (χ2n) is 6.62. The van der Waals surface area contributed by atoms with Gasteiger partial charge in [-0.3, -0.25) is 0 Å². The molecular weight excluding hydrogens is 324 g/mol. The first kappa shape index (κ1) is 16.8. The van der Waals surface area contributed by atoms with Crippen LogP contribution in [0.4, 0.5) is 5.69 Å². The molecule has 3 heteroatoms. The third-order valence-corrected chi connectivity index (χ3v) is 5.16. The van der Waals surface area contributed by atoms with Gasteiger partial charge in [0.15, 0.2) is 0 Å². The van der Waals surface area contributed by atoms with E-state index >= 15 is 0 Å². The molecule has 0 bridgehead atoms. The van der Waals surface area contributed by atoms with Crippen molar-refractivity contribution >= 4 is 21.6 Å². The summed E-state index contributed by atoms with van der Waals surface area (Å²) in [6, 6.07) is 7.14. The van der Waals surface area contributed by atoms with Gasteiger partial charge in [-0.15, -0.1) is 0 Å². The van der Waals surface area contributed by atoms with Crippen LogP contribution in [0.2, 0.25) is 0 Å². The lowest BCUT2D eigenvalue weighted by molar-refractivity contribution is 0.422. The van der Waals surface area contributed by atoms with E-state index in [4.69, 9.17) is 0 Å². The number of halogens is 1. The fourth-order valence-electron chi connectivity index (χ4n) is 3.18. The minimum atomic E-state index is 0.408. The lowest BCUT2D eigenvalue weighted by atomic mass is 9.95. The molecule has 2 unspecified atom stereocenters. The van der Waals surface area contributed by atoms with Crippen molar-refractivity contribution < 1.29 is 0 Å². The summed E-state index contributed by atoms with van der Waals surface area (Å²) in [4.78, 5) is 2.58. The van der Waals surface area contributed by atoms with Crippen LogP contribution in [-0.2, 0) is 0 Å². The molecule has 1 fully saturated rings. The van der Waals surface area contributed by atoms with Gasteiger partial charge in [0.25, 0.3) is 0 Å². The maximum absolute atomic E-state index is 3.64. The van der Waals surface area contributed by atoms with Crippen LogP contribution >= 0.6 is 15.9 Å². The average Bonchev–Trinajstić information content (AvgIpc) is 2.94. The van der Waals surface area contributed by atoms with Gasteiger partial charge in [-0.2, -0.15) is 0 Å². The predicted molar refractivity (Wildman–Crippen MR) is 96.0 cm³/mol. The fraction of sp³-hybridized carbons (Fsp3) is 0.667. The molecule has 0 radical (unpaired) electrons. The van der Waals surface area contributed by atoms with E-state index in [0.29, 0.717) is 6.04 Å². The van der Waals surface area contributed by atoms with Gasteiger partial charge in [0, 0.05) is 29.3 Å². The highest BCUT2D eigenvalue weighted by molar-refractivity contribution is 9.10. The SMILES string of the molecule is CCCNC(C)c1ccc(Br)cc1N1CCC(C(C)C)C1. The number of hydrogen-bond acceptors (Lipinski definition) is 2. The molecule has 1 N–H and O–H groups in total. The molecule has 21 heavy (non-hydrogen) atoms. The summed E-state index contributed by atoms with van der Waals surface area (Å²) in [7, 11) is 0. The van der Waals surface area contributed by atoms with Gasteiger partial charge in [-0.1, -0.05) is 42.8 Å². The molecule has 1 saturated heterocycles. The zero-order chi connectivity index (χ0) is 15.4. The molecule has 0 spiro atoms. The minimum Gasteiger partial charge on any atom is -0.371 e. The maximum Gasteiger partial charge on any atom is 0.0426 e. The van der Waals surface area contributed by atoms with Gasteiger partial charge in [0.05, 0.1) is 0 Å². The van der Waals surface area contributed by atoms with Gasteiger partial charge in [0.2, 0.25) is 0 Å². The Morgan fingerprint density at radius 2 is 2.10 bits per heavy atom. The highest BCUT2D eigenvalue weighted by atomic mass is 79.9. The number of benzene rings is 1. The number of anilines is 1. The van der Waals surface area contributed by atoms with Crippen molar-refractivity contribution in [2.24, 2.45) is 11.8 Å². The van der Waals surface area contributed by atoms with Gasteiger partial charge in [-0.25, -0.2) is 0 Å². The van der Waals surface area contributed by atoms with Crippen LogP contribution in [0.1, 0.15) is 52.1 Å². The van der Waals surface area contributed by atoms with Crippen LogP contribution in [0.5, 0.6) is 0 Å². The average molecular weight is 353 g/mol. The number of rotatable bonds is 6. The van der Waals surface area contributed by atoms with E-state index in [2.05, 4.69) is 72.0 Å². The van der Waals surface area contributed by atoms with E-state index in [1.54, 1.807) is 0 Å².